The monoisotopic (exact) mass is 320 g/mol. The van der Waals surface area contributed by atoms with Crippen molar-refractivity contribution in [3.63, 3.8) is 0 Å². The smallest absolute Gasteiger partial charge is 0.204 e. The molecule has 1 atom stereocenters. The molecule has 4 rings (SSSR count). The van der Waals surface area contributed by atoms with Crippen LogP contribution in [-0.4, -0.2) is 25.3 Å². The van der Waals surface area contributed by atoms with E-state index in [0.29, 0.717) is 5.82 Å². The molecule has 122 valence electrons. The first kappa shape index (κ1) is 15.0. The van der Waals surface area contributed by atoms with Crippen molar-refractivity contribution in [2.45, 2.75) is 32.8 Å². The van der Waals surface area contributed by atoms with E-state index in [1.807, 2.05) is 12.1 Å². The van der Waals surface area contributed by atoms with Crippen LogP contribution in [0.5, 0.6) is 0 Å². The van der Waals surface area contributed by atoms with E-state index in [-0.39, 0.29) is 6.10 Å². The molecule has 0 bridgehead atoms. The molecule has 1 heterocycles. The largest absolute Gasteiger partial charge is 0.388 e. The summed E-state index contributed by atoms with van der Waals surface area (Å²) in [5.74, 6) is 0.643. The predicted molar refractivity (Wildman–Crippen MR) is 92.4 cm³/mol. The summed E-state index contributed by atoms with van der Waals surface area (Å²) in [5, 5.41) is 22.5. The fourth-order valence-electron chi connectivity index (χ4n) is 3.78. The standard InChI is InChI=1S/C19H20N4O/c1-11-9-13(19-20-22-23(3)21-19)10-12(2)18(11)16-6-4-5-15-14(16)7-8-17(15)24/h4-6,9-10,17,24H,7-8H2,1-3H3. The summed E-state index contributed by atoms with van der Waals surface area (Å²) in [5.41, 5.74) is 8.19. The van der Waals surface area contributed by atoms with Gasteiger partial charge in [-0.15, -0.1) is 10.2 Å². The summed E-state index contributed by atoms with van der Waals surface area (Å²) in [6, 6.07) is 10.5. The van der Waals surface area contributed by atoms with Crippen LogP contribution in [0.25, 0.3) is 22.5 Å². The number of aliphatic hydroxyl groups is 1. The molecular formula is C19H20N4O. The molecule has 5 heteroatoms. The van der Waals surface area contributed by atoms with Crippen LogP contribution in [0.3, 0.4) is 0 Å². The number of hydrogen-bond donors (Lipinski definition) is 1. The summed E-state index contributed by atoms with van der Waals surface area (Å²) >= 11 is 0. The van der Waals surface area contributed by atoms with Gasteiger partial charge < -0.3 is 5.11 Å². The van der Waals surface area contributed by atoms with Gasteiger partial charge >= 0.3 is 0 Å². The summed E-state index contributed by atoms with van der Waals surface area (Å²) in [6.45, 7) is 4.24. The number of tetrazole rings is 1. The quantitative estimate of drug-likeness (QED) is 0.788. The fourth-order valence-corrected chi connectivity index (χ4v) is 3.78. The highest BCUT2D eigenvalue weighted by molar-refractivity contribution is 5.78. The lowest BCUT2D eigenvalue weighted by molar-refractivity contribution is 0.180. The van der Waals surface area contributed by atoms with Gasteiger partial charge in [-0.3, -0.25) is 0 Å². The van der Waals surface area contributed by atoms with Gasteiger partial charge in [0, 0.05) is 5.56 Å². The molecule has 0 radical (unpaired) electrons. The van der Waals surface area contributed by atoms with E-state index in [4.69, 9.17) is 0 Å². The Labute approximate surface area is 141 Å². The van der Waals surface area contributed by atoms with Gasteiger partial charge in [0.25, 0.3) is 0 Å². The van der Waals surface area contributed by atoms with E-state index in [1.54, 1.807) is 7.05 Å². The number of aryl methyl sites for hydroxylation is 3. The third kappa shape index (κ3) is 2.32. The third-order valence-corrected chi connectivity index (χ3v) is 4.81. The van der Waals surface area contributed by atoms with Crippen LogP contribution in [0.1, 0.15) is 34.8 Å². The number of fused-ring (bicyclic) bond motifs is 1. The molecule has 0 amide bonds. The first-order valence-electron chi connectivity index (χ1n) is 8.20. The van der Waals surface area contributed by atoms with Gasteiger partial charge in [0.05, 0.1) is 13.2 Å². The minimum Gasteiger partial charge on any atom is -0.388 e. The molecule has 1 unspecified atom stereocenters. The van der Waals surface area contributed by atoms with E-state index >= 15 is 0 Å². The lowest BCUT2D eigenvalue weighted by Crippen LogP contribution is -1.96. The molecule has 0 fully saturated rings. The van der Waals surface area contributed by atoms with Crippen LogP contribution in [0.2, 0.25) is 0 Å². The highest BCUT2D eigenvalue weighted by Crippen LogP contribution is 2.40. The van der Waals surface area contributed by atoms with E-state index in [0.717, 1.165) is 24.0 Å². The highest BCUT2D eigenvalue weighted by atomic mass is 16.3. The molecule has 3 aromatic rings. The zero-order valence-corrected chi connectivity index (χ0v) is 14.1. The Kier molecular flexibility index (Phi) is 3.46. The van der Waals surface area contributed by atoms with Crippen molar-refractivity contribution in [1.29, 1.82) is 0 Å². The molecule has 0 saturated heterocycles. The van der Waals surface area contributed by atoms with Crippen LogP contribution < -0.4 is 0 Å². The number of rotatable bonds is 2. The van der Waals surface area contributed by atoms with Crippen molar-refractivity contribution >= 4 is 0 Å². The third-order valence-electron chi connectivity index (χ3n) is 4.81. The maximum atomic E-state index is 10.2. The summed E-state index contributed by atoms with van der Waals surface area (Å²) in [6.07, 6.45) is 1.41. The SMILES string of the molecule is Cc1cc(-c2nnn(C)n2)cc(C)c1-c1cccc2c1CCC2O. The van der Waals surface area contributed by atoms with Crippen LogP contribution in [0.15, 0.2) is 30.3 Å². The second-order valence-electron chi connectivity index (χ2n) is 6.52. The lowest BCUT2D eigenvalue weighted by Gasteiger charge is -2.16. The molecule has 24 heavy (non-hydrogen) atoms. The van der Waals surface area contributed by atoms with E-state index in [1.165, 1.54) is 32.6 Å². The summed E-state index contributed by atoms with van der Waals surface area (Å²) < 4.78 is 0. The van der Waals surface area contributed by atoms with E-state index in [2.05, 4.69) is 47.5 Å². The normalized spacial score (nSPS) is 16.4. The predicted octanol–water partition coefficient (Wildman–Crippen LogP) is 3.14. The fraction of sp³-hybridized carbons (Fsp3) is 0.316. The Balaban J connectivity index is 1.86. The van der Waals surface area contributed by atoms with Crippen molar-refractivity contribution in [2.24, 2.45) is 7.05 Å². The van der Waals surface area contributed by atoms with Crippen LogP contribution in [0, 0.1) is 13.8 Å². The lowest BCUT2D eigenvalue weighted by atomic mass is 9.89. The van der Waals surface area contributed by atoms with Gasteiger partial charge in [-0.25, -0.2) is 0 Å². The number of aliphatic hydroxyl groups excluding tert-OH is 1. The van der Waals surface area contributed by atoms with Crippen LogP contribution in [0.4, 0.5) is 0 Å². The molecule has 0 spiro atoms. The first-order valence-corrected chi connectivity index (χ1v) is 8.20. The molecule has 5 nitrogen and oxygen atoms in total. The minimum absolute atomic E-state index is 0.330. The maximum Gasteiger partial charge on any atom is 0.204 e. The van der Waals surface area contributed by atoms with Gasteiger partial charge in [-0.05, 0) is 77.4 Å². The van der Waals surface area contributed by atoms with Crippen LogP contribution in [-0.2, 0) is 13.5 Å². The molecule has 1 aromatic heterocycles. The van der Waals surface area contributed by atoms with Crippen molar-refractivity contribution in [3.8, 4) is 22.5 Å². The molecule has 1 aliphatic rings. The zero-order valence-electron chi connectivity index (χ0n) is 14.1. The minimum atomic E-state index is -0.330. The average Bonchev–Trinajstić information content (AvgIpc) is 3.14. The van der Waals surface area contributed by atoms with Crippen molar-refractivity contribution in [2.75, 3.05) is 0 Å². The number of nitrogens with zero attached hydrogens (tertiary/aromatic N) is 4. The van der Waals surface area contributed by atoms with Gasteiger partial charge in [0.1, 0.15) is 0 Å². The van der Waals surface area contributed by atoms with Crippen molar-refractivity contribution < 1.29 is 5.11 Å². The molecule has 1 N–H and O–H groups in total. The first-order chi connectivity index (χ1) is 11.5. The van der Waals surface area contributed by atoms with E-state index < -0.39 is 0 Å². The van der Waals surface area contributed by atoms with Gasteiger partial charge in [-0.1, -0.05) is 18.2 Å². The zero-order chi connectivity index (χ0) is 16.8. The van der Waals surface area contributed by atoms with Crippen molar-refractivity contribution in [1.82, 2.24) is 20.2 Å². The Morgan fingerprint density at radius 2 is 1.92 bits per heavy atom. The molecule has 1 aliphatic carbocycles. The summed E-state index contributed by atoms with van der Waals surface area (Å²) in [4.78, 5) is 1.47. The highest BCUT2D eigenvalue weighted by Gasteiger charge is 2.24. The van der Waals surface area contributed by atoms with Gasteiger partial charge in [0.2, 0.25) is 5.82 Å². The van der Waals surface area contributed by atoms with Gasteiger partial charge in [0.15, 0.2) is 0 Å². The Morgan fingerprint density at radius 3 is 2.58 bits per heavy atom. The number of benzene rings is 2. The van der Waals surface area contributed by atoms with E-state index in [9.17, 15) is 5.11 Å². The van der Waals surface area contributed by atoms with Crippen LogP contribution >= 0.6 is 0 Å². The Hall–Kier alpha value is -2.53. The Bertz CT molecular complexity index is 906. The number of aromatic nitrogens is 4. The summed E-state index contributed by atoms with van der Waals surface area (Å²) in [7, 11) is 1.77. The second kappa shape index (κ2) is 5.53. The topological polar surface area (TPSA) is 63.8 Å². The molecule has 0 saturated carbocycles. The van der Waals surface area contributed by atoms with Crippen molar-refractivity contribution in [3.05, 3.63) is 52.6 Å². The second-order valence-corrected chi connectivity index (χ2v) is 6.52. The maximum absolute atomic E-state index is 10.2. The number of hydrogen-bond acceptors (Lipinski definition) is 4. The molecular weight excluding hydrogens is 300 g/mol. The molecule has 2 aromatic carbocycles. The average molecular weight is 320 g/mol. The molecule has 0 aliphatic heterocycles. The Morgan fingerprint density at radius 1 is 1.17 bits per heavy atom. The van der Waals surface area contributed by atoms with Gasteiger partial charge in [-0.2, -0.15) is 4.80 Å².